The molecule has 75 heavy (non-hydrogen) atoms. The Balaban J connectivity index is 0.842. The third-order valence-corrected chi connectivity index (χ3v) is 15.3. The smallest absolute Gasteiger partial charge is 0.135 e. The lowest BCUT2D eigenvalue weighted by molar-refractivity contribution is 0.669. The first kappa shape index (κ1) is 44.0. The summed E-state index contributed by atoms with van der Waals surface area (Å²) in [4.78, 5) is 4.80. The molecule has 0 N–H and O–H groups in total. The highest BCUT2D eigenvalue weighted by atomic mass is 16.3. The molecule has 1 aromatic heterocycles. The summed E-state index contributed by atoms with van der Waals surface area (Å²) in [5, 5.41) is 12.3. The van der Waals surface area contributed by atoms with Gasteiger partial charge >= 0.3 is 0 Å². The van der Waals surface area contributed by atoms with Crippen molar-refractivity contribution < 1.29 is 4.42 Å². The number of hydrogen-bond donors (Lipinski definition) is 0. The van der Waals surface area contributed by atoms with Crippen molar-refractivity contribution in [1.29, 1.82) is 0 Å². The molecule has 0 atom stereocenters. The van der Waals surface area contributed by atoms with Crippen LogP contribution in [0.15, 0.2) is 271 Å². The highest BCUT2D eigenvalue weighted by Crippen LogP contribution is 2.45. The summed E-state index contributed by atoms with van der Waals surface area (Å²) < 4.78 is 6.13. The summed E-state index contributed by atoms with van der Waals surface area (Å²) in [6, 6.07) is 97.1. The Morgan fingerprint density at radius 3 is 1.35 bits per heavy atom. The molecule has 13 aromatic carbocycles. The highest BCUT2D eigenvalue weighted by molar-refractivity contribution is 6.26. The fourth-order valence-electron chi connectivity index (χ4n) is 11.6. The van der Waals surface area contributed by atoms with E-state index < -0.39 is 0 Å². The predicted molar refractivity (Wildman–Crippen MR) is 319 cm³/mol. The van der Waals surface area contributed by atoms with E-state index in [0.29, 0.717) is 0 Å². The van der Waals surface area contributed by atoms with Crippen molar-refractivity contribution in [1.82, 2.24) is 0 Å². The van der Waals surface area contributed by atoms with Crippen LogP contribution >= 0.6 is 0 Å². The number of fused-ring (bicyclic) bond motifs is 10. The predicted octanol–water partition coefficient (Wildman–Crippen LogP) is 20.8. The van der Waals surface area contributed by atoms with Gasteiger partial charge in [-0.05, 0) is 181 Å². The average Bonchev–Trinajstić information content (AvgIpc) is 3.86. The van der Waals surface area contributed by atoms with Gasteiger partial charge in [0.15, 0.2) is 0 Å². The molecule has 354 valence electrons. The van der Waals surface area contributed by atoms with Crippen molar-refractivity contribution in [2.75, 3.05) is 9.80 Å². The number of hydrogen-bond acceptors (Lipinski definition) is 3. The van der Waals surface area contributed by atoms with Crippen LogP contribution in [-0.4, -0.2) is 0 Å². The second kappa shape index (κ2) is 18.1. The zero-order valence-corrected chi connectivity index (χ0v) is 41.7. The number of furan rings is 1. The summed E-state index contributed by atoms with van der Waals surface area (Å²) in [5.74, 6) is 0. The topological polar surface area (TPSA) is 19.6 Å². The van der Waals surface area contributed by atoms with Crippen LogP contribution in [-0.2, 0) is 0 Å². The third-order valence-electron chi connectivity index (χ3n) is 15.3. The molecule has 0 saturated carbocycles. The molecule has 0 bridgehead atoms. The highest BCUT2D eigenvalue weighted by Gasteiger charge is 2.20. The van der Waals surface area contributed by atoms with Gasteiger partial charge in [0, 0.05) is 44.6 Å². The molecule has 1 heterocycles. The summed E-state index contributed by atoms with van der Waals surface area (Å²) in [5.41, 5.74) is 18.0. The lowest BCUT2D eigenvalue weighted by Gasteiger charge is -2.28. The van der Waals surface area contributed by atoms with Gasteiger partial charge < -0.3 is 14.2 Å². The minimum atomic E-state index is 0.909. The van der Waals surface area contributed by atoms with Crippen LogP contribution in [0.2, 0.25) is 0 Å². The maximum Gasteiger partial charge on any atom is 0.135 e. The number of para-hydroxylation sites is 2. The molecule has 3 heteroatoms. The molecule has 0 saturated heterocycles. The Hall–Kier alpha value is -9.70. The molecule has 14 aromatic rings. The van der Waals surface area contributed by atoms with Crippen molar-refractivity contribution in [3.8, 4) is 33.4 Å². The van der Waals surface area contributed by atoms with Crippen LogP contribution in [0.5, 0.6) is 0 Å². The van der Waals surface area contributed by atoms with E-state index in [-0.39, 0.29) is 0 Å². The van der Waals surface area contributed by atoms with Crippen molar-refractivity contribution in [3.05, 3.63) is 278 Å². The van der Waals surface area contributed by atoms with E-state index in [1.165, 1.54) is 82.0 Å². The van der Waals surface area contributed by atoms with Crippen LogP contribution in [0.4, 0.5) is 34.1 Å². The number of benzene rings is 13. The zero-order chi connectivity index (χ0) is 50.0. The molecule has 0 spiro atoms. The second-order valence-electron chi connectivity index (χ2n) is 19.8. The molecule has 0 fully saturated rings. The zero-order valence-electron chi connectivity index (χ0n) is 41.7. The standard InChI is InChI=1S/C72H50N2O/c1-47-43-56(36-39-59(47)60-40-37-57(44-48(60)2)74(54-17-4-3-5-18-54)70-25-14-16-52-15-6-7-19-61(52)70)73(58-38-41-66-64-22-9-8-20-62(64)63-21-10-11-23-65(63)68(66)46-58)55-34-31-50(32-35-55)49-27-29-51(30-28-49)53-33-42-72-69(45-53)67-24-12-13-26-71(67)75-72/h3-46H,1-2H3. The van der Waals surface area contributed by atoms with E-state index in [1.54, 1.807) is 0 Å². The van der Waals surface area contributed by atoms with Crippen molar-refractivity contribution in [2.45, 2.75) is 13.8 Å². The summed E-state index contributed by atoms with van der Waals surface area (Å²) in [7, 11) is 0. The summed E-state index contributed by atoms with van der Waals surface area (Å²) in [6.07, 6.45) is 0. The largest absolute Gasteiger partial charge is 0.456 e. The van der Waals surface area contributed by atoms with Crippen molar-refractivity contribution >= 4 is 99.2 Å². The first-order chi connectivity index (χ1) is 37.0. The molecule has 0 unspecified atom stereocenters. The van der Waals surface area contributed by atoms with Crippen LogP contribution in [0.3, 0.4) is 0 Å². The van der Waals surface area contributed by atoms with Crippen LogP contribution in [0.25, 0.3) is 98.4 Å². The molecule has 0 amide bonds. The van der Waals surface area contributed by atoms with Crippen molar-refractivity contribution in [2.24, 2.45) is 0 Å². The maximum atomic E-state index is 6.13. The maximum absolute atomic E-state index is 6.13. The van der Waals surface area contributed by atoms with Gasteiger partial charge in [-0.2, -0.15) is 0 Å². The van der Waals surface area contributed by atoms with Gasteiger partial charge in [-0.25, -0.2) is 0 Å². The van der Waals surface area contributed by atoms with E-state index in [0.717, 1.165) is 61.6 Å². The van der Waals surface area contributed by atoms with Gasteiger partial charge in [0.1, 0.15) is 11.2 Å². The third kappa shape index (κ3) is 7.68. The van der Waals surface area contributed by atoms with Crippen LogP contribution < -0.4 is 9.80 Å². The van der Waals surface area contributed by atoms with Gasteiger partial charge in [-0.3, -0.25) is 0 Å². The van der Waals surface area contributed by atoms with E-state index in [9.17, 15) is 0 Å². The Kier molecular flexibility index (Phi) is 10.6. The second-order valence-corrected chi connectivity index (χ2v) is 19.8. The van der Waals surface area contributed by atoms with E-state index in [2.05, 4.69) is 278 Å². The first-order valence-corrected chi connectivity index (χ1v) is 25.8. The lowest BCUT2D eigenvalue weighted by atomic mass is 9.93. The normalized spacial score (nSPS) is 11.6. The van der Waals surface area contributed by atoms with Crippen LogP contribution in [0.1, 0.15) is 11.1 Å². The van der Waals surface area contributed by atoms with E-state index in [4.69, 9.17) is 4.42 Å². The number of aryl methyl sites for hydroxylation is 2. The molecular weight excluding hydrogens is 909 g/mol. The molecule has 0 radical (unpaired) electrons. The van der Waals surface area contributed by atoms with Gasteiger partial charge in [-0.1, -0.05) is 182 Å². The SMILES string of the molecule is Cc1cc(N(c2ccc(-c3ccc(-c4ccc5oc6ccccc6c5c4)cc3)cc2)c2ccc3c4ccccc4c4ccccc4c3c2)ccc1-c1ccc(N(c2ccccc2)c2cccc3ccccc23)cc1C. The Labute approximate surface area is 436 Å². The van der Waals surface area contributed by atoms with Gasteiger partial charge in [-0.15, -0.1) is 0 Å². The summed E-state index contributed by atoms with van der Waals surface area (Å²) >= 11 is 0. The minimum absolute atomic E-state index is 0.909. The molecule has 0 aliphatic heterocycles. The summed E-state index contributed by atoms with van der Waals surface area (Å²) in [6.45, 7) is 4.49. The number of nitrogens with zero attached hydrogens (tertiary/aromatic N) is 2. The number of anilines is 6. The van der Waals surface area contributed by atoms with Gasteiger partial charge in [0.2, 0.25) is 0 Å². The molecule has 3 nitrogen and oxygen atoms in total. The van der Waals surface area contributed by atoms with Gasteiger partial charge in [0.05, 0.1) is 5.69 Å². The fourth-order valence-corrected chi connectivity index (χ4v) is 11.6. The number of rotatable bonds is 9. The monoisotopic (exact) mass is 958 g/mol. The minimum Gasteiger partial charge on any atom is -0.456 e. The molecule has 0 aliphatic rings. The molecular formula is C72H50N2O. The fraction of sp³-hybridized carbons (Fsp3) is 0.0278. The quantitative estimate of drug-likeness (QED) is 0.134. The Morgan fingerprint density at radius 2 is 0.693 bits per heavy atom. The molecule has 0 aliphatic carbocycles. The Bertz CT molecular complexity index is 4450. The van der Waals surface area contributed by atoms with Crippen LogP contribution in [0, 0.1) is 13.8 Å². The average molecular weight is 959 g/mol. The molecule has 14 rings (SSSR count). The Morgan fingerprint density at radius 1 is 0.253 bits per heavy atom. The first-order valence-electron chi connectivity index (χ1n) is 25.8. The van der Waals surface area contributed by atoms with Gasteiger partial charge in [0.25, 0.3) is 0 Å². The van der Waals surface area contributed by atoms with E-state index in [1.807, 2.05) is 12.1 Å². The van der Waals surface area contributed by atoms with E-state index >= 15 is 0 Å². The van der Waals surface area contributed by atoms with Crippen molar-refractivity contribution in [3.63, 3.8) is 0 Å². The lowest BCUT2D eigenvalue weighted by Crippen LogP contribution is -2.11.